The van der Waals surface area contributed by atoms with Crippen molar-refractivity contribution in [3.8, 4) is 11.8 Å². The van der Waals surface area contributed by atoms with Gasteiger partial charge in [0.1, 0.15) is 23.0 Å². The van der Waals surface area contributed by atoms with E-state index in [4.69, 9.17) is 9.47 Å². The predicted molar refractivity (Wildman–Crippen MR) is 150 cm³/mol. The highest BCUT2D eigenvalue weighted by molar-refractivity contribution is 7.90. The monoisotopic (exact) mass is 590 g/mol. The summed E-state index contributed by atoms with van der Waals surface area (Å²) in [5.41, 5.74) is -4.23. The van der Waals surface area contributed by atoms with Crippen molar-refractivity contribution in [2.45, 2.75) is 57.4 Å². The number of sulfonamides is 1. The summed E-state index contributed by atoms with van der Waals surface area (Å²) < 4.78 is 73.4. The smallest absolute Gasteiger partial charge is 0.490 e. The van der Waals surface area contributed by atoms with Crippen LogP contribution in [0.25, 0.3) is 15.6 Å². The molecule has 1 aliphatic rings. The van der Waals surface area contributed by atoms with Gasteiger partial charge in [0.2, 0.25) is 0 Å². The van der Waals surface area contributed by atoms with Crippen LogP contribution in [0.15, 0.2) is 60.7 Å². The van der Waals surface area contributed by atoms with E-state index < -0.39 is 27.7 Å². The highest BCUT2D eigenvalue weighted by atomic mass is 32.2. The van der Waals surface area contributed by atoms with E-state index in [1.54, 1.807) is 52.1 Å². The van der Waals surface area contributed by atoms with Crippen molar-refractivity contribution >= 4 is 32.6 Å². The number of carbonyl (C=O) groups is 1. The van der Waals surface area contributed by atoms with Crippen molar-refractivity contribution in [3.63, 3.8) is 0 Å². The molecule has 0 saturated carbocycles. The third kappa shape index (κ3) is 8.34. The number of benzene rings is 3. The van der Waals surface area contributed by atoms with Crippen LogP contribution >= 0.6 is 0 Å². The van der Waals surface area contributed by atoms with Gasteiger partial charge >= 0.3 is 33.4 Å². The Hall–Kier alpha value is -3.82. The summed E-state index contributed by atoms with van der Waals surface area (Å²) in [5, 5.41) is 1.53. The molecule has 1 amide bonds. The van der Waals surface area contributed by atoms with Crippen molar-refractivity contribution in [2.24, 2.45) is 0 Å². The molecule has 12 heteroatoms. The van der Waals surface area contributed by atoms with Gasteiger partial charge in [-0.2, -0.15) is 13.2 Å². The quantitative estimate of drug-likeness (QED) is 0.363. The molecule has 1 aliphatic heterocycles. The standard InChI is InChI=1S/C29H31F3N3O5S/c1-28(2,3)40-27(36)35-14-12-26(13-15-35)39-25-10-8-24(9-11-25)33-18-20-4-6-22-7-5-21(17-23(22)16-20)19-34-41(37,38)29(30,31)32/h4-11,16-17,26,34H,12-15,19H2,1-3H3/q+1. The largest absolute Gasteiger partial charge is 0.511 e. The number of nitrogens with zero attached hydrogens (tertiary/aromatic N) is 2. The summed E-state index contributed by atoms with van der Waals surface area (Å²) in [4.78, 5) is 18.3. The van der Waals surface area contributed by atoms with Crippen LogP contribution in [0, 0.1) is 6.07 Å². The second kappa shape index (κ2) is 12.0. The van der Waals surface area contributed by atoms with E-state index in [0.717, 1.165) is 5.39 Å². The minimum absolute atomic E-state index is 0.0131. The summed E-state index contributed by atoms with van der Waals surface area (Å²) in [7, 11) is -5.42. The third-order valence-electron chi connectivity index (χ3n) is 6.22. The van der Waals surface area contributed by atoms with E-state index in [1.165, 1.54) is 0 Å². The topological polar surface area (TPSA) is 89.3 Å². The normalized spacial score (nSPS) is 14.8. The van der Waals surface area contributed by atoms with Crippen LogP contribution in [0.2, 0.25) is 0 Å². The molecule has 0 aromatic heterocycles. The predicted octanol–water partition coefficient (Wildman–Crippen LogP) is 6.57. The summed E-state index contributed by atoms with van der Waals surface area (Å²) in [6, 6.07) is 20.4. The number of piperidine rings is 1. The van der Waals surface area contributed by atoms with Crippen LogP contribution in [-0.2, 0) is 21.3 Å². The zero-order valence-corrected chi connectivity index (χ0v) is 23.7. The molecule has 0 unspecified atom stereocenters. The van der Waals surface area contributed by atoms with Crippen LogP contribution in [-0.4, -0.2) is 49.7 Å². The van der Waals surface area contributed by atoms with Crippen LogP contribution in [0.1, 0.15) is 44.7 Å². The summed E-state index contributed by atoms with van der Waals surface area (Å²) in [6.07, 6.45) is 1.07. The average Bonchev–Trinajstić information content (AvgIpc) is 2.90. The molecule has 218 valence electrons. The zero-order chi connectivity index (χ0) is 29.8. The number of hydrogen-bond acceptors (Lipinski definition) is 5. The molecule has 3 aromatic rings. The lowest BCUT2D eigenvalue weighted by Gasteiger charge is -2.33. The summed E-state index contributed by atoms with van der Waals surface area (Å²) in [5.74, 6) is 0.694. The molecule has 0 aliphatic carbocycles. The van der Waals surface area contributed by atoms with Crippen molar-refractivity contribution in [3.05, 3.63) is 76.6 Å². The first kappa shape index (κ1) is 30.1. The van der Waals surface area contributed by atoms with Crippen LogP contribution in [0.3, 0.4) is 0 Å². The van der Waals surface area contributed by atoms with Gasteiger partial charge < -0.3 is 14.4 Å². The first-order chi connectivity index (χ1) is 19.2. The average molecular weight is 591 g/mol. The molecule has 0 radical (unpaired) electrons. The Labute approximate surface area is 236 Å². The van der Waals surface area contributed by atoms with Crippen molar-refractivity contribution in [1.82, 2.24) is 9.62 Å². The summed E-state index contributed by atoms with van der Waals surface area (Å²) in [6.45, 7) is 6.16. The number of likely N-dealkylation sites (tertiary alicyclic amines) is 1. The lowest BCUT2D eigenvalue weighted by molar-refractivity contribution is -0.0448. The van der Waals surface area contributed by atoms with Gasteiger partial charge in [0.15, 0.2) is 0 Å². The second-order valence-corrected chi connectivity index (χ2v) is 12.4. The van der Waals surface area contributed by atoms with Gasteiger partial charge in [0, 0.05) is 44.6 Å². The molecule has 1 fully saturated rings. The number of carbonyl (C=O) groups excluding carboxylic acids is 1. The van der Waals surface area contributed by atoms with Crippen LogP contribution in [0.4, 0.5) is 23.7 Å². The summed E-state index contributed by atoms with van der Waals surface area (Å²) >= 11 is 0. The molecule has 8 nitrogen and oxygen atoms in total. The molecule has 1 saturated heterocycles. The minimum Gasteiger partial charge on any atom is -0.490 e. The second-order valence-electron chi connectivity index (χ2n) is 10.7. The lowest BCUT2D eigenvalue weighted by Crippen LogP contribution is -2.44. The maximum Gasteiger partial charge on any atom is 0.511 e. The van der Waals surface area contributed by atoms with Gasteiger partial charge in [0.05, 0.1) is 0 Å². The number of amides is 1. The third-order valence-corrected chi connectivity index (χ3v) is 7.36. The Kier molecular flexibility index (Phi) is 8.80. The Morgan fingerprint density at radius 3 is 2.29 bits per heavy atom. The van der Waals surface area contributed by atoms with Gasteiger partial charge in [-0.1, -0.05) is 18.2 Å². The van der Waals surface area contributed by atoms with Gasteiger partial charge in [-0.15, -0.1) is 0 Å². The van der Waals surface area contributed by atoms with Gasteiger partial charge in [0.25, 0.3) is 0 Å². The molecule has 1 heterocycles. The van der Waals surface area contributed by atoms with E-state index in [2.05, 4.69) is 10.9 Å². The fraction of sp³-hybridized carbons (Fsp3) is 0.379. The minimum atomic E-state index is -5.42. The van der Waals surface area contributed by atoms with Gasteiger partial charge in [-0.05, 0) is 72.3 Å². The molecule has 4 rings (SSSR count). The molecule has 1 N–H and O–H groups in total. The highest BCUT2D eigenvalue weighted by Gasteiger charge is 2.45. The Morgan fingerprint density at radius 1 is 1.00 bits per heavy atom. The van der Waals surface area contributed by atoms with Gasteiger partial charge in [-0.3, -0.25) is 0 Å². The Morgan fingerprint density at radius 2 is 1.66 bits per heavy atom. The zero-order valence-electron chi connectivity index (χ0n) is 22.9. The van der Waals surface area contributed by atoms with Gasteiger partial charge in [-0.25, -0.2) is 17.9 Å². The Balaban J connectivity index is 1.34. The fourth-order valence-corrected chi connectivity index (χ4v) is 4.66. The van der Waals surface area contributed by atoms with E-state index in [0.29, 0.717) is 53.9 Å². The SMILES string of the molecule is CC(C)(C)OC(=O)N1CCC(Oc2ccc([N+]#Cc3ccc4ccc(CNS(=O)(=O)C(F)(F)F)cc4c3)cc2)CC1. The highest BCUT2D eigenvalue weighted by Crippen LogP contribution is 2.25. The Bertz CT molecular complexity index is 1570. The maximum atomic E-state index is 12.6. The first-order valence-electron chi connectivity index (χ1n) is 13.0. The van der Waals surface area contributed by atoms with E-state index in [-0.39, 0.29) is 12.2 Å². The number of ether oxygens (including phenoxy) is 2. The van der Waals surface area contributed by atoms with Crippen molar-refractivity contribution in [1.29, 1.82) is 0 Å². The molecule has 0 atom stereocenters. The fourth-order valence-electron chi connectivity index (χ4n) is 4.14. The number of fused-ring (bicyclic) bond motifs is 1. The molecule has 41 heavy (non-hydrogen) atoms. The van der Waals surface area contributed by atoms with Crippen LogP contribution in [0.5, 0.6) is 5.75 Å². The molecular weight excluding hydrogens is 559 g/mol. The first-order valence-corrected chi connectivity index (χ1v) is 14.5. The van der Waals surface area contributed by atoms with Crippen LogP contribution < -0.4 is 9.46 Å². The van der Waals surface area contributed by atoms with E-state index in [1.807, 2.05) is 39.0 Å². The molecular formula is C29H31F3N3O5S+. The number of rotatable bonds is 5. The maximum absolute atomic E-state index is 12.6. The number of nitrogens with one attached hydrogen (secondary N) is 1. The van der Waals surface area contributed by atoms with E-state index >= 15 is 0 Å². The molecule has 0 spiro atoms. The van der Waals surface area contributed by atoms with Crippen molar-refractivity contribution < 1.29 is 35.9 Å². The van der Waals surface area contributed by atoms with E-state index in [9.17, 15) is 26.4 Å². The molecule has 0 bridgehead atoms. The molecule has 3 aromatic carbocycles. The van der Waals surface area contributed by atoms with Crippen molar-refractivity contribution in [2.75, 3.05) is 13.1 Å². The number of halogens is 3. The number of hydrogen-bond donors (Lipinski definition) is 1. The lowest BCUT2D eigenvalue weighted by atomic mass is 10.0. The number of alkyl halides is 3.